The summed E-state index contributed by atoms with van der Waals surface area (Å²) in [6.45, 7) is 3.95. The van der Waals surface area contributed by atoms with Gasteiger partial charge in [0.2, 0.25) is 0 Å². The zero-order valence-corrected chi connectivity index (χ0v) is 11.3. The maximum atomic E-state index is 5.99. The number of hydrogen-bond acceptors (Lipinski definition) is 4. The highest BCUT2D eigenvalue weighted by molar-refractivity contribution is 6.30. The van der Waals surface area contributed by atoms with Crippen molar-refractivity contribution in [1.29, 1.82) is 0 Å². The molecule has 0 radical (unpaired) electrons. The van der Waals surface area contributed by atoms with E-state index in [2.05, 4.69) is 20.4 Å². The minimum Gasteiger partial charge on any atom is -0.340 e. The van der Waals surface area contributed by atoms with Gasteiger partial charge in [-0.3, -0.25) is 0 Å². The molecule has 0 bridgehead atoms. The van der Waals surface area contributed by atoms with Gasteiger partial charge in [-0.1, -0.05) is 17.7 Å². The molecule has 0 amide bonds. The second-order valence-electron chi connectivity index (χ2n) is 4.28. The van der Waals surface area contributed by atoms with Gasteiger partial charge in [0, 0.05) is 22.0 Å². The third kappa shape index (κ3) is 2.13. The largest absolute Gasteiger partial charge is 0.340 e. The average Bonchev–Trinajstić information content (AvgIpc) is 2.83. The van der Waals surface area contributed by atoms with Crippen LogP contribution >= 0.6 is 11.6 Å². The third-order valence-corrected chi connectivity index (χ3v) is 3.23. The molecule has 0 fully saturated rings. The molecule has 0 spiro atoms. The number of fused-ring (bicyclic) bond motifs is 1. The van der Waals surface area contributed by atoms with Crippen LogP contribution in [0.2, 0.25) is 5.02 Å². The Morgan fingerprint density at radius 1 is 1.26 bits per heavy atom. The van der Waals surface area contributed by atoms with E-state index >= 15 is 0 Å². The van der Waals surface area contributed by atoms with E-state index < -0.39 is 0 Å². The fourth-order valence-electron chi connectivity index (χ4n) is 1.88. The Balaban J connectivity index is 2.14. The van der Waals surface area contributed by atoms with Crippen LogP contribution in [0.25, 0.3) is 5.78 Å². The summed E-state index contributed by atoms with van der Waals surface area (Å²) in [4.78, 5) is 8.49. The first-order chi connectivity index (χ1) is 9.15. The lowest BCUT2D eigenvalue weighted by Gasteiger charge is -2.12. The van der Waals surface area contributed by atoms with E-state index in [1.807, 2.05) is 38.1 Å². The van der Waals surface area contributed by atoms with E-state index in [-0.39, 0.29) is 0 Å². The predicted molar refractivity (Wildman–Crippen MR) is 75.0 cm³/mol. The van der Waals surface area contributed by atoms with Gasteiger partial charge in [0.25, 0.3) is 5.78 Å². The summed E-state index contributed by atoms with van der Waals surface area (Å²) >= 11 is 5.99. The normalized spacial score (nSPS) is 10.9. The van der Waals surface area contributed by atoms with Gasteiger partial charge in [-0.25, -0.2) is 4.98 Å². The fourth-order valence-corrected chi connectivity index (χ4v) is 2.07. The van der Waals surface area contributed by atoms with Crippen LogP contribution in [-0.2, 0) is 0 Å². The molecule has 0 unspecified atom stereocenters. The van der Waals surface area contributed by atoms with Crippen molar-refractivity contribution < 1.29 is 0 Å². The minimum atomic E-state index is 0.577. The molecular weight excluding hydrogens is 262 g/mol. The molecular formula is C13H12ClN5. The summed E-state index contributed by atoms with van der Waals surface area (Å²) in [5.41, 5.74) is 2.85. The second kappa shape index (κ2) is 4.51. The molecule has 96 valence electrons. The smallest absolute Gasteiger partial charge is 0.254 e. The highest BCUT2D eigenvalue weighted by Crippen LogP contribution is 2.24. The Bertz CT molecular complexity index is 750. The molecule has 5 nitrogen and oxygen atoms in total. The van der Waals surface area contributed by atoms with Gasteiger partial charge in [0.1, 0.15) is 12.1 Å². The molecule has 0 saturated carbocycles. The maximum absolute atomic E-state index is 5.99. The zero-order chi connectivity index (χ0) is 13.4. The number of nitrogens with zero attached hydrogens (tertiary/aromatic N) is 4. The first-order valence-corrected chi connectivity index (χ1v) is 6.22. The van der Waals surface area contributed by atoms with Crippen molar-refractivity contribution in [3.8, 4) is 0 Å². The molecule has 0 saturated heterocycles. The SMILES string of the molecule is Cc1nc2ncnn2c(Nc2cccc(Cl)c2)c1C. The Kier molecular flexibility index (Phi) is 2.83. The highest BCUT2D eigenvalue weighted by atomic mass is 35.5. The molecule has 0 aliphatic carbocycles. The van der Waals surface area contributed by atoms with E-state index in [1.165, 1.54) is 6.33 Å². The summed E-state index contributed by atoms with van der Waals surface area (Å²) in [5, 5.41) is 8.19. The number of rotatable bonds is 2. The van der Waals surface area contributed by atoms with Crippen molar-refractivity contribution in [1.82, 2.24) is 19.6 Å². The van der Waals surface area contributed by atoms with Crippen LogP contribution in [0.1, 0.15) is 11.3 Å². The number of anilines is 2. The number of benzene rings is 1. The molecule has 19 heavy (non-hydrogen) atoms. The van der Waals surface area contributed by atoms with Gasteiger partial charge in [-0.2, -0.15) is 14.6 Å². The van der Waals surface area contributed by atoms with Crippen molar-refractivity contribution in [2.75, 3.05) is 5.32 Å². The molecule has 0 aliphatic heterocycles. The van der Waals surface area contributed by atoms with E-state index in [0.717, 1.165) is 22.8 Å². The molecule has 1 aromatic carbocycles. The maximum Gasteiger partial charge on any atom is 0.254 e. The molecule has 6 heteroatoms. The number of nitrogens with one attached hydrogen (secondary N) is 1. The minimum absolute atomic E-state index is 0.577. The van der Waals surface area contributed by atoms with Gasteiger partial charge in [0.15, 0.2) is 0 Å². The monoisotopic (exact) mass is 273 g/mol. The van der Waals surface area contributed by atoms with Crippen molar-refractivity contribution in [2.24, 2.45) is 0 Å². The standard InChI is InChI=1S/C13H12ClN5/c1-8-9(2)17-13-15-7-16-19(13)12(8)18-11-5-3-4-10(14)6-11/h3-7,18H,1-2H3. The Hall–Kier alpha value is -2.14. The van der Waals surface area contributed by atoms with Crippen LogP contribution in [0, 0.1) is 13.8 Å². The van der Waals surface area contributed by atoms with Crippen LogP contribution in [-0.4, -0.2) is 19.6 Å². The Morgan fingerprint density at radius 2 is 2.11 bits per heavy atom. The zero-order valence-electron chi connectivity index (χ0n) is 10.6. The van der Waals surface area contributed by atoms with Crippen LogP contribution in [0.15, 0.2) is 30.6 Å². The van der Waals surface area contributed by atoms with E-state index in [1.54, 1.807) is 4.52 Å². The number of aromatic nitrogens is 4. The number of hydrogen-bond donors (Lipinski definition) is 1. The quantitative estimate of drug-likeness (QED) is 0.779. The second-order valence-corrected chi connectivity index (χ2v) is 4.71. The lowest BCUT2D eigenvalue weighted by molar-refractivity contribution is 0.923. The summed E-state index contributed by atoms with van der Waals surface area (Å²) in [5.74, 6) is 1.43. The predicted octanol–water partition coefficient (Wildman–Crippen LogP) is 3.14. The number of halogens is 1. The van der Waals surface area contributed by atoms with Crippen molar-refractivity contribution in [2.45, 2.75) is 13.8 Å². The van der Waals surface area contributed by atoms with Crippen molar-refractivity contribution in [3.63, 3.8) is 0 Å². The van der Waals surface area contributed by atoms with Gasteiger partial charge in [-0.05, 0) is 32.0 Å². The highest BCUT2D eigenvalue weighted by Gasteiger charge is 2.11. The van der Waals surface area contributed by atoms with Crippen molar-refractivity contribution in [3.05, 3.63) is 46.9 Å². The molecule has 2 heterocycles. The average molecular weight is 274 g/mol. The lowest BCUT2D eigenvalue weighted by Crippen LogP contribution is -2.06. The van der Waals surface area contributed by atoms with E-state index in [4.69, 9.17) is 11.6 Å². The first kappa shape index (κ1) is 11.9. The van der Waals surface area contributed by atoms with Crippen LogP contribution in [0.3, 0.4) is 0 Å². The van der Waals surface area contributed by atoms with E-state index in [0.29, 0.717) is 10.8 Å². The van der Waals surface area contributed by atoms with Crippen LogP contribution < -0.4 is 5.32 Å². The summed E-state index contributed by atoms with van der Waals surface area (Å²) in [6, 6.07) is 7.54. The summed E-state index contributed by atoms with van der Waals surface area (Å²) in [6.07, 6.45) is 1.49. The summed E-state index contributed by atoms with van der Waals surface area (Å²) < 4.78 is 1.68. The summed E-state index contributed by atoms with van der Waals surface area (Å²) in [7, 11) is 0. The lowest BCUT2D eigenvalue weighted by atomic mass is 10.2. The van der Waals surface area contributed by atoms with Crippen LogP contribution in [0.4, 0.5) is 11.5 Å². The molecule has 3 rings (SSSR count). The van der Waals surface area contributed by atoms with Gasteiger partial charge in [-0.15, -0.1) is 0 Å². The Morgan fingerprint density at radius 3 is 2.89 bits per heavy atom. The van der Waals surface area contributed by atoms with Crippen molar-refractivity contribution >= 4 is 28.9 Å². The topological polar surface area (TPSA) is 55.1 Å². The molecule has 0 aliphatic rings. The fraction of sp³-hybridized carbons (Fsp3) is 0.154. The first-order valence-electron chi connectivity index (χ1n) is 5.84. The molecule has 0 atom stereocenters. The number of aryl methyl sites for hydroxylation is 1. The van der Waals surface area contributed by atoms with Gasteiger partial charge in [0.05, 0.1) is 0 Å². The molecule has 1 N–H and O–H groups in total. The molecule has 3 aromatic rings. The van der Waals surface area contributed by atoms with Crippen LogP contribution in [0.5, 0.6) is 0 Å². The third-order valence-electron chi connectivity index (χ3n) is 2.99. The van der Waals surface area contributed by atoms with Gasteiger partial charge >= 0.3 is 0 Å². The Labute approximate surface area is 115 Å². The van der Waals surface area contributed by atoms with E-state index in [9.17, 15) is 0 Å². The van der Waals surface area contributed by atoms with Gasteiger partial charge < -0.3 is 5.32 Å². The molecule has 2 aromatic heterocycles.